The third-order valence-electron chi connectivity index (χ3n) is 3.17. The van der Waals surface area contributed by atoms with Crippen LogP contribution < -0.4 is 4.72 Å². The number of rotatable bonds is 3. The lowest BCUT2D eigenvalue weighted by atomic mass is 10.0. The van der Waals surface area contributed by atoms with Crippen LogP contribution in [0.25, 0.3) is 0 Å². The van der Waals surface area contributed by atoms with Crippen molar-refractivity contribution in [2.45, 2.75) is 37.4 Å². The van der Waals surface area contributed by atoms with E-state index < -0.39 is 15.8 Å². The molecule has 18 heavy (non-hydrogen) atoms. The fourth-order valence-corrected chi connectivity index (χ4v) is 3.94. The van der Waals surface area contributed by atoms with Crippen LogP contribution in [-0.4, -0.2) is 13.7 Å². The largest absolute Gasteiger partial charge is 0.283 e. The van der Waals surface area contributed by atoms with Crippen molar-refractivity contribution in [2.24, 2.45) is 0 Å². The molecule has 2 rings (SSSR count). The topological polar surface area (TPSA) is 46.2 Å². The molecule has 1 aliphatic rings. The highest BCUT2D eigenvalue weighted by molar-refractivity contribution is 7.93. The molecule has 0 spiro atoms. The maximum absolute atomic E-state index is 13.0. The van der Waals surface area contributed by atoms with Gasteiger partial charge >= 0.3 is 0 Å². The molecular weight excluding hydrogens is 277 g/mol. The molecule has 1 N–H and O–H groups in total. The summed E-state index contributed by atoms with van der Waals surface area (Å²) < 4.78 is 39.7. The molecule has 0 aliphatic heterocycles. The third kappa shape index (κ3) is 3.14. The van der Waals surface area contributed by atoms with Gasteiger partial charge in [-0.1, -0.05) is 30.9 Å². The van der Waals surface area contributed by atoms with E-state index in [1.807, 2.05) is 0 Å². The number of hydrogen-bond acceptors (Lipinski definition) is 2. The van der Waals surface area contributed by atoms with Gasteiger partial charge in [0.05, 0.1) is 16.0 Å². The first kappa shape index (κ1) is 13.6. The minimum atomic E-state index is -3.40. The van der Waals surface area contributed by atoms with Crippen molar-refractivity contribution in [3.63, 3.8) is 0 Å². The average Bonchev–Trinajstić information content (AvgIpc) is 2.35. The minimum absolute atomic E-state index is 0.0844. The Labute approximate surface area is 111 Å². The highest BCUT2D eigenvalue weighted by Gasteiger charge is 2.27. The zero-order chi connectivity index (χ0) is 13.2. The van der Waals surface area contributed by atoms with Crippen molar-refractivity contribution in [2.75, 3.05) is 4.72 Å². The summed E-state index contributed by atoms with van der Waals surface area (Å²) in [5.74, 6) is -0.558. The molecule has 0 heterocycles. The highest BCUT2D eigenvalue weighted by Crippen LogP contribution is 2.26. The lowest BCUT2D eigenvalue weighted by Gasteiger charge is -2.22. The van der Waals surface area contributed by atoms with Gasteiger partial charge < -0.3 is 0 Å². The van der Waals surface area contributed by atoms with Crippen LogP contribution in [0.1, 0.15) is 32.1 Å². The first-order chi connectivity index (χ1) is 8.49. The van der Waals surface area contributed by atoms with Crippen molar-refractivity contribution in [1.82, 2.24) is 0 Å². The van der Waals surface area contributed by atoms with Gasteiger partial charge in [0.15, 0.2) is 0 Å². The number of hydrogen-bond donors (Lipinski definition) is 1. The number of halogens is 2. The Morgan fingerprint density at radius 3 is 2.50 bits per heavy atom. The van der Waals surface area contributed by atoms with Crippen LogP contribution in [0, 0.1) is 5.82 Å². The summed E-state index contributed by atoms with van der Waals surface area (Å²) in [7, 11) is -3.40. The van der Waals surface area contributed by atoms with Gasteiger partial charge in [-0.25, -0.2) is 12.8 Å². The Morgan fingerprint density at radius 2 is 1.89 bits per heavy atom. The highest BCUT2D eigenvalue weighted by atomic mass is 35.5. The standard InChI is InChI=1S/C12H15ClFNO2S/c13-11-8-9(6-7-12(11)14)15-18(16,17)10-4-2-1-3-5-10/h6-8,10,15H,1-5H2. The second kappa shape index (κ2) is 5.45. The third-order valence-corrected chi connectivity index (χ3v) is 5.33. The van der Waals surface area contributed by atoms with Crippen LogP contribution in [0.5, 0.6) is 0 Å². The summed E-state index contributed by atoms with van der Waals surface area (Å²) in [5, 5.41) is -0.436. The fraction of sp³-hybridized carbons (Fsp3) is 0.500. The van der Waals surface area contributed by atoms with Gasteiger partial charge in [0.2, 0.25) is 10.0 Å². The lowest BCUT2D eigenvalue weighted by Crippen LogP contribution is -2.29. The Bertz CT molecular complexity index is 527. The molecular formula is C12H15ClFNO2S. The summed E-state index contributed by atoms with van der Waals surface area (Å²) in [5.41, 5.74) is 0.312. The Hall–Kier alpha value is -0.810. The molecule has 0 unspecified atom stereocenters. The molecule has 0 aromatic heterocycles. The van der Waals surface area contributed by atoms with E-state index in [0.717, 1.165) is 25.3 Å². The van der Waals surface area contributed by atoms with E-state index in [2.05, 4.69) is 4.72 Å². The number of sulfonamides is 1. The lowest BCUT2D eigenvalue weighted by molar-refractivity contribution is 0.486. The summed E-state index contributed by atoms with van der Waals surface area (Å²) in [4.78, 5) is 0. The van der Waals surface area contributed by atoms with Crippen molar-refractivity contribution in [3.05, 3.63) is 29.0 Å². The number of benzene rings is 1. The van der Waals surface area contributed by atoms with E-state index in [-0.39, 0.29) is 10.3 Å². The van der Waals surface area contributed by atoms with E-state index in [9.17, 15) is 12.8 Å². The van der Waals surface area contributed by atoms with Crippen molar-refractivity contribution in [1.29, 1.82) is 0 Å². The van der Waals surface area contributed by atoms with Gasteiger partial charge in [-0.05, 0) is 31.0 Å². The second-order valence-corrected chi connectivity index (χ2v) is 6.90. The zero-order valence-corrected chi connectivity index (χ0v) is 11.4. The molecule has 1 aliphatic carbocycles. The molecule has 1 aromatic carbocycles. The molecule has 100 valence electrons. The normalized spacial score (nSPS) is 17.7. The Kier molecular flexibility index (Phi) is 4.12. The fourth-order valence-electron chi connectivity index (χ4n) is 2.18. The first-order valence-corrected chi connectivity index (χ1v) is 7.88. The van der Waals surface area contributed by atoms with E-state index in [1.54, 1.807) is 0 Å². The molecule has 0 saturated heterocycles. The molecule has 0 bridgehead atoms. The predicted octanol–water partition coefficient (Wildman–Crippen LogP) is 3.55. The molecule has 0 radical (unpaired) electrons. The maximum atomic E-state index is 13.0. The average molecular weight is 292 g/mol. The first-order valence-electron chi connectivity index (χ1n) is 5.96. The number of nitrogens with one attached hydrogen (secondary N) is 1. The van der Waals surface area contributed by atoms with Crippen molar-refractivity contribution >= 4 is 27.3 Å². The van der Waals surface area contributed by atoms with Crippen molar-refractivity contribution < 1.29 is 12.8 Å². The van der Waals surface area contributed by atoms with Crippen LogP contribution in [0.2, 0.25) is 5.02 Å². The van der Waals surface area contributed by atoms with E-state index in [0.29, 0.717) is 18.5 Å². The Balaban J connectivity index is 2.13. The maximum Gasteiger partial charge on any atom is 0.235 e. The van der Waals surface area contributed by atoms with Gasteiger partial charge in [0.1, 0.15) is 5.82 Å². The van der Waals surface area contributed by atoms with Crippen molar-refractivity contribution in [3.8, 4) is 0 Å². The molecule has 1 saturated carbocycles. The van der Waals surface area contributed by atoms with Crippen LogP contribution in [0.15, 0.2) is 18.2 Å². The predicted molar refractivity (Wildman–Crippen MR) is 70.8 cm³/mol. The SMILES string of the molecule is O=S(=O)(Nc1ccc(F)c(Cl)c1)C1CCCCC1. The van der Waals surface area contributed by atoms with Gasteiger partial charge in [0.25, 0.3) is 0 Å². The van der Waals surface area contributed by atoms with Crippen LogP contribution in [0.3, 0.4) is 0 Å². The van der Waals surface area contributed by atoms with Crippen LogP contribution in [-0.2, 0) is 10.0 Å². The summed E-state index contributed by atoms with van der Waals surface area (Å²) >= 11 is 5.62. The number of anilines is 1. The second-order valence-electron chi connectivity index (χ2n) is 4.54. The molecule has 0 amide bonds. The van der Waals surface area contributed by atoms with Crippen LogP contribution in [0.4, 0.5) is 10.1 Å². The monoisotopic (exact) mass is 291 g/mol. The van der Waals surface area contributed by atoms with Gasteiger partial charge in [0, 0.05) is 0 Å². The Morgan fingerprint density at radius 1 is 1.22 bits per heavy atom. The summed E-state index contributed by atoms with van der Waals surface area (Å²) in [6, 6.07) is 3.82. The van der Waals surface area contributed by atoms with Crippen LogP contribution >= 0.6 is 11.6 Å². The quantitative estimate of drug-likeness (QED) is 0.925. The molecule has 0 atom stereocenters. The van der Waals surface area contributed by atoms with E-state index >= 15 is 0 Å². The molecule has 1 fully saturated rings. The summed E-state index contributed by atoms with van der Waals surface area (Å²) in [6.45, 7) is 0. The van der Waals surface area contributed by atoms with E-state index in [1.165, 1.54) is 12.1 Å². The molecule has 3 nitrogen and oxygen atoms in total. The van der Waals surface area contributed by atoms with Gasteiger partial charge in [-0.15, -0.1) is 0 Å². The zero-order valence-electron chi connectivity index (χ0n) is 9.83. The van der Waals surface area contributed by atoms with Gasteiger partial charge in [-0.2, -0.15) is 0 Å². The van der Waals surface area contributed by atoms with Gasteiger partial charge in [-0.3, -0.25) is 4.72 Å². The molecule has 1 aromatic rings. The molecule has 6 heteroatoms. The minimum Gasteiger partial charge on any atom is -0.283 e. The van der Waals surface area contributed by atoms with E-state index in [4.69, 9.17) is 11.6 Å². The smallest absolute Gasteiger partial charge is 0.235 e. The summed E-state index contributed by atoms with van der Waals surface area (Å²) in [6.07, 6.45) is 4.34.